The van der Waals surface area contributed by atoms with Crippen LogP contribution in [-0.2, 0) is 6.54 Å². The van der Waals surface area contributed by atoms with E-state index in [0.29, 0.717) is 12.2 Å². The summed E-state index contributed by atoms with van der Waals surface area (Å²) in [6, 6.07) is 5.70. The minimum atomic E-state index is 0.649. The number of hydrogen-bond donors (Lipinski definition) is 0. The van der Waals surface area contributed by atoms with Crippen LogP contribution in [0.4, 0.5) is 0 Å². The second-order valence-corrected chi connectivity index (χ2v) is 3.27. The zero-order chi connectivity index (χ0) is 8.27. The van der Waals surface area contributed by atoms with E-state index in [1.165, 1.54) is 0 Å². The first-order valence-corrected chi connectivity index (χ1v) is 3.92. The molecule has 1 heterocycles. The molecule has 2 nitrogen and oxygen atoms in total. The van der Waals surface area contributed by atoms with Crippen LogP contribution >= 0.6 is 15.9 Å². The van der Waals surface area contributed by atoms with E-state index in [1.54, 1.807) is 6.07 Å². The van der Waals surface area contributed by atoms with Crippen molar-refractivity contribution in [2.75, 3.05) is 0 Å². The van der Waals surface area contributed by atoms with Crippen molar-refractivity contribution >= 4 is 15.9 Å². The molecule has 0 saturated carbocycles. The second-order valence-electron chi connectivity index (χ2n) is 2.15. The summed E-state index contributed by atoms with van der Waals surface area (Å²) in [7, 11) is 0. The highest BCUT2D eigenvalue weighted by molar-refractivity contribution is 9.11. The topological polar surface area (TPSA) is 28.7 Å². The van der Waals surface area contributed by atoms with Crippen LogP contribution in [0.1, 0.15) is 5.69 Å². The van der Waals surface area contributed by atoms with Crippen LogP contribution in [0.3, 0.4) is 0 Å². The molecule has 0 amide bonds. The molecule has 3 heteroatoms. The maximum atomic E-state index is 8.60. The van der Waals surface area contributed by atoms with E-state index >= 15 is 0 Å². The molecule has 0 unspecified atom stereocenters. The molecule has 0 fully saturated rings. The van der Waals surface area contributed by atoms with Gasteiger partial charge in [-0.1, -0.05) is 22.5 Å². The van der Waals surface area contributed by atoms with Gasteiger partial charge in [-0.2, -0.15) is 5.26 Å². The van der Waals surface area contributed by atoms with Gasteiger partial charge in [0, 0.05) is 10.7 Å². The van der Waals surface area contributed by atoms with Gasteiger partial charge in [0.1, 0.15) is 11.8 Å². The maximum absolute atomic E-state index is 8.60. The van der Waals surface area contributed by atoms with Crippen LogP contribution < -0.4 is 0 Å². The molecule has 0 radical (unpaired) electrons. The highest BCUT2D eigenvalue weighted by Gasteiger charge is 1.97. The van der Waals surface area contributed by atoms with Crippen molar-refractivity contribution in [1.82, 2.24) is 4.57 Å². The van der Waals surface area contributed by atoms with Crippen LogP contribution in [0.2, 0.25) is 0 Å². The molecule has 0 atom stereocenters. The minimum Gasteiger partial charge on any atom is -0.335 e. The largest absolute Gasteiger partial charge is 0.335 e. The molecule has 0 aromatic carbocycles. The third-order valence-electron chi connectivity index (χ3n) is 1.29. The zero-order valence-corrected chi connectivity index (χ0v) is 7.50. The molecule has 0 saturated heterocycles. The quantitative estimate of drug-likeness (QED) is 0.737. The summed E-state index contributed by atoms with van der Waals surface area (Å²) in [6.45, 7) is 4.34. The molecule has 1 aromatic heterocycles. The summed E-state index contributed by atoms with van der Waals surface area (Å²) in [4.78, 5) is 0. The number of allylic oxidation sites excluding steroid dienone is 1. The molecule has 1 rings (SSSR count). The van der Waals surface area contributed by atoms with Crippen molar-refractivity contribution in [3.05, 3.63) is 35.1 Å². The molecule has 0 aliphatic heterocycles. The Morgan fingerprint density at radius 3 is 3.09 bits per heavy atom. The fourth-order valence-corrected chi connectivity index (χ4v) is 1.11. The summed E-state index contributed by atoms with van der Waals surface area (Å²) in [5, 5.41) is 8.60. The van der Waals surface area contributed by atoms with Gasteiger partial charge in [-0.3, -0.25) is 0 Å². The lowest BCUT2D eigenvalue weighted by Gasteiger charge is -2.00. The van der Waals surface area contributed by atoms with Gasteiger partial charge in [-0.25, -0.2) is 0 Å². The van der Waals surface area contributed by atoms with Gasteiger partial charge in [0.2, 0.25) is 0 Å². The normalized spacial score (nSPS) is 9.09. The van der Waals surface area contributed by atoms with E-state index in [2.05, 4.69) is 28.6 Å². The molecule has 56 valence electrons. The first-order valence-electron chi connectivity index (χ1n) is 3.12. The lowest BCUT2D eigenvalue weighted by atomic mass is 10.4. The Balaban J connectivity index is 2.87. The molecule has 0 spiro atoms. The molecular formula is C8H7BrN2. The lowest BCUT2D eigenvalue weighted by molar-refractivity contribution is 0.811. The standard InChI is InChI=1S/C8H7BrN2/c1-7(9)6-11-4-2-3-8(11)5-10/h2-4H,1,6H2. The van der Waals surface area contributed by atoms with Gasteiger partial charge in [0.15, 0.2) is 0 Å². The van der Waals surface area contributed by atoms with Crippen LogP contribution in [0.25, 0.3) is 0 Å². The van der Waals surface area contributed by atoms with E-state index in [4.69, 9.17) is 5.26 Å². The van der Waals surface area contributed by atoms with Crippen LogP contribution in [0.15, 0.2) is 29.4 Å². The number of nitriles is 1. The molecule has 0 aliphatic rings. The van der Waals surface area contributed by atoms with E-state index in [1.807, 2.05) is 16.8 Å². The Bertz CT molecular complexity index is 306. The van der Waals surface area contributed by atoms with Gasteiger partial charge in [0.25, 0.3) is 0 Å². The second kappa shape index (κ2) is 3.40. The first kappa shape index (κ1) is 8.09. The Labute approximate surface area is 73.9 Å². The van der Waals surface area contributed by atoms with Crippen molar-refractivity contribution in [2.45, 2.75) is 6.54 Å². The van der Waals surface area contributed by atoms with Crippen molar-refractivity contribution in [2.24, 2.45) is 0 Å². The summed E-state index contributed by atoms with van der Waals surface area (Å²) in [6.07, 6.45) is 1.85. The predicted octanol–water partition coefficient (Wildman–Crippen LogP) is 2.27. The fraction of sp³-hybridized carbons (Fsp3) is 0.125. The van der Waals surface area contributed by atoms with Crippen molar-refractivity contribution in [3.8, 4) is 6.07 Å². The van der Waals surface area contributed by atoms with E-state index in [9.17, 15) is 0 Å². The average Bonchev–Trinajstić information content (AvgIpc) is 2.34. The number of hydrogen-bond acceptors (Lipinski definition) is 1. The Kier molecular flexibility index (Phi) is 2.50. The van der Waals surface area contributed by atoms with E-state index < -0.39 is 0 Å². The summed E-state index contributed by atoms with van der Waals surface area (Å²) in [5.74, 6) is 0. The van der Waals surface area contributed by atoms with Gasteiger partial charge in [-0.05, 0) is 12.1 Å². The van der Waals surface area contributed by atoms with Crippen molar-refractivity contribution in [1.29, 1.82) is 5.26 Å². The Morgan fingerprint density at radius 2 is 2.55 bits per heavy atom. The highest BCUT2D eigenvalue weighted by atomic mass is 79.9. The van der Waals surface area contributed by atoms with Gasteiger partial charge < -0.3 is 4.57 Å². The van der Waals surface area contributed by atoms with Crippen molar-refractivity contribution in [3.63, 3.8) is 0 Å². The van der Waals surface area contributed by atoms with Crippen LogP contribution in [-0.4, -0.2) is 4.57 Å². The molecule has 0 aliphatic carbocycles. The first-order chi connectivity index (χ1) is 5.24. The number of aromatic nitrogens is 1. The Hall–Kier alpha value is -1.01. The smallest absolute Gasteiger partial charge is 0.120 e. The van der Waals surface area contributed by atoms with Crippen LogP contribution in [0.5, 0.6) is 0 Å². The van der Waals surface area contributed by atoms with Gasteiger partial charge in [-0.15, -0.1) is 0 Å². The van der Waals surface area contributed by atoms with Gasteiger partial charge >= 0.3 is 0 Å². The maximum Gasteiger partial charge on any atom is 0.120 e. The minimum absolute atomic E-state index is 0.649. The zero-order valence-electron chi connectivity index (χ0n) is 5.92. The third kappa shape index (κ3) is 1.95. The van der Waals surface area contributed by atoms with Crippen molar-refractivity contribution < 1.29 is 0 Å². The molecular weight excluding hydrogens is 204 g/mol. The summed E-state index contributed by atoms with van der Waals surface area (Å²) in [5.41, 5.74) is 0.658. The predicted molar refractivity (Wildman–Crippen MR) is 47.2 cm³/mol. The Morgan fingerprint density at radius 1 is 1.82 bits per heavy atom. The number of nitrogens with zero attached hydrogens (tertiary/aromatic N) is 2. The molecule has 1 aromatic rings. The summed E-state index contributed by atoms with van der Waals surface area (Å²) < 4.78 is 2.70. The monoisotopic (exact) mass is 210 g/mol. The molecule has 11 heavy (non-hydrogen) atoms. The van der Waals surface area contributed by atoms with Crippen LogP contribution in [0, 0.1) is 11.3 Å². The number of rotatable bonds is 2. The lowest BCUT2D eigenvalue weighted by Crippen LogP contribution is -1.97. The molecule has 0 bridgehead atoms. The molecule has 0 N–H and O–H groups in total. The number of halogens is 1. The summed E-state index contributed by atoms with van der Waals surface area (Å²) >= 11 is 3.23. The fourth-order valence-electron chi connectivity index (χ4n) is 0.838. The van der Waals surface area contributed by atoms with E-state index in [0.717, 1.165) is 4.48 Å². The average molecular weight is 211 g/mol. The SMILES string of the molecule is C=C(Br)Cn1cccc1C#N. The third-order valence-corrected chi connectivity index (χ3v) is 1.54. The van der Waals surface area contributed by atoms with Gasteiger partial charge in [0.05, 0.1) is 6.54 Å². The highest BCUT2D eigenvalue weighted by Crippen LogP contribution is 2.08. The van der Waals surface area contributed by atoms with E-state index in [-0.39, 0.29) is 0 Å².